The van der Waals surface area contributed by atoms with E-state index in [0.29, 0.717) is 29.2 Å². The molecule has 1 aromatic carbocycles. The molecule has 0 aliphatic rings. The molecule has 116 valence electrons. The molecule has 1 unspecified atom stereocenters. The third-order valence-electron chi connectivity index (χ3n) is 3.11. The Hall–Kier alpha value is -0.850. The van der Waals surface area contributed by atoms with Crippen molar-refractivity contribution in [3.05, 3.63) is 28.8 Å². The van der Waals surface area contributed by atoms with Gasteiger partial charge in [-0.2, -0.15) is 0 Å². The Kier molecular flexibility index (Phi) is 4.80. The summed E-state index contributed by atoms with van der Waals surface area (Å²) in [5.41, 5.74) is 1.05. The highest BCUT2D eigenvalue weighted by Gasteiger charge is 2.20. The lowest BCUT2D eigenvalue weighted by Gasteiger charge is -2.16. The van der Waals surface area contributed by atoms with E-state index in [9.17, 15) is 12.8 Å². The zero-order chi connectivity index (χ0) is 15.8. The Labute approximate surface area is 132 Å². The molecule has 0 bridgehead atoms. The van der Waals surface area contributed by atoms with E-state index in [1.807, 2.05) is 0 Å². The van der Waals surface area contributed by atoms with Crippen molar-refractivity contribution >= 4 is 44.1 Å². The lowest BCUT2D eigenvalue weighted by molar-refractivity contribution is 0.557. The van der Waals surface area contributed by atoms with E-state index in [4.69, 9.17) is 23.2 Å². The van der Waals surface area contributed by atoms with E-state index in [0.717, 1.165) is 0 Å². The molecule has 0 fully saturated rings. The van der Waals surface area contributed by atoms with Crippen LogP contribution in [0.3, 0.4) is 0 Å². The SMILES string of the molecule is CC(CS(C)(=O)=O)n1c(CCCl)nc2cc(F)c(Cl)cc21. The zero-order valence-corrected chi connectivity index (χ0v) is 13.9. The molecular weight excluding hydrogens is 338 g/mol. The summed E-state index contributed by atoms with van der Waals surface area (Å²) in [6.45, 7) is 1.77. The second kappa shape index (κ2) is 6.10. The predicted octanol–water partition coefficient (Wildman–Crippen LogP) is 3.22. The summed E-state index contributed by atoms with van der Waals surface area (Å²) >= 11 is 11.6. The summed E-state index contributed by atoms with van der Waals surface area (Å²) < 4.78 is 38.3. The van der Waals surface area contributed by atoms with Crippen LogP contribution in [0.2, 0.25) is 5.02 Å². The van der Waals surface area contributed by atoms with Gasteiger partial charge in [0, 0.05) is 30.7 Å². The highest BCUT2D eigenvalue weighted by molar-refractivity contribution is 7.90. The third kappa shape index (κ3) is 3.67. The summed E-state index contributed by atoms with van der Waals surface area (Å²) in [5, 5.41) is -0.0207. The molecule has 1 heterocycles. The monoisotopic (exact) mass is 352 g/mol. The van der Waals surface area contributed by atoms with E-state index in [2.05, 4.69) is 4.98 Å². The van der Waals surface area contributed by atoms with Crippen molar-refractivity contribution < 1.29 is 12.8 Å². The number of benzene rings is 1. The number of alkyl halides is 1. The third-order valence-corrected chi connectivity index (χ3v) is 4.67. The van der Waals surface area contributed by atoms with Crippen molar-refractivity contribution in [3.8, 4) is 0 Å². The van der Waals surface area contributed by atoms with Crippen molar-refractivity contribution in [1.82, 2.24) is 9.55 Å². The highest BCUT2D eigenvalue weighted by atomic mass is 35.5. The molecule has 1 aromatic heterocycles. The summed E-state index contributed by atoms with van der Waals surface area (Å²) in [5.74, 6) is 0.369. The topological polar surface area (TPSA) is 52.0 Å². The van der Waals surface area contributed by atoms with Crippen LogP contribution in [0.25, 0.3) is 11.0 Å². The van der Waals surface area contributed by atoms with Gasteiger partial charge in [0.05, 0.1) is 21.8 Å². The number of hydrogen-bond donors (Lipinski definition) is 0. The average Bonchev–Trinajstić information content (AvgIpc) is 2.65. The van der Waals surface area contributed by atoms with Gasteiger partial charge in [-0.3, -0.25) is 0 Å². The van der Waals surface area contributed by atoms with Gasteiger partial charge in [0.1, 0.15) is 21.5 Å². The number of hydrogen-bond acceptors (Lipinski definition) is 3. The molecule has 0 saturated heterocycles. The van der Waals surface area contributed by atoms with Crippen molar-refractivity contribution in [1.29, 1.82) is 0 Å². The molecule has 2 rings (SSSR count). The minimum absolute atomic E-state index is 0.0207. The minimum Gasteiger partial charge on any atom is -0.324 e. The standard InChI is InChI=1S/C13H15Cl2FN2O2S/c1-8(7-21(2,19)20)18-12-5-9(15)10(16)6-11(12)17-13(18)3-4-14/h5-6,8H,3-4,7H2,1-2H3. The molecule has 2 aromatic rings. The first-order chi connectivity index (χ1) is 9.73. The van der Waals surface area contributed by atoms with Crippen LogP contribution in [0.5, 0.6) is 0 Å². The lowest BCUT2D eigenvalue weighted by Crippen LogP contribution is -2.18. The van der Waals surface area contributed by atoms with Crippen LogP contribution in [0, 0.1) is 5.82 Å². The number of imidazole rings is 1. The summed E-state index contributed by atoms with van der Waals surface area (Å²) in [6.07, 6.45) is 1.64. The lowest BCUT2D eigenvalue weighted by atomic mass is 10.2. The molecule has 8 heteroatoms. The first-order valence-electron chi connectivity index (χ1n) is 6.32. The van der Waals surface area contributed by atoms with Gasteiger partial charge in [0.15, 0.2) is 0 Å². The van der Waals surface area contributed by atoms with Crippen LogP contribution in [0.15, 0.2) is 12.1 Å². The van der Waals surface area contributed by atoms with E-state index in [-0.39, 0.29) is 16.8 Å². The van der Waals surface area contributed by atoms with Gasteiger partial charge in [0.2, 0.25) is 0 Å². The van der Waals surface area contributed by atoms with Crippen LogP contribution in [0.4, 0.5) is 4.39 Å². The molecule has 4 nitrogen and oxygen atoms in total. The van der Waals surface area contributed by atoms with Gasteiger partial charge in [-0.25, -0.2) is 17.8 Å². The van der Waals surface area contributed by atoms with Crippen LogP contribution in [-0.4, -0.2) is 35.9 Å². The second-order valence-electron chi connectivity index (χ2n) is 5.03. The number of aromatic nitrogens is 2. The van der Waals surface area contributed by atoms with E-state index < -0.39 is 15.7 Å². The number of aryl methyl sites for hydroxylation is 1. The Morgan fingerprint density at radius 2 is 2.10 bits per heavy atom. The van der Waals surface area contributed by atoms with Crippen LogP contribution in [-0.2, 0) is 16.3 Å². The Morgan fingerprint density at radius 1 is 1.43 bits per heavy atom. The predicted molar refractivity (Wildman–Crippen MR) is 83.5 cm³/mol. The van der Waals surface area contributed by atoms with E-state index in [1.54, 1.807) is 11.5 Å². The average molecular weight is 353 g/mol. The maximum absolute atomic E-state index is 13.5. The van der Waals surface area contributed by atoms with E-state index in [1.165, 1.54) is 18.4 Å². The number of rotatable bonds is 5. The first-order valence-corrected chi connectivity index (χ1v) is 9.29. The van der Waals surface area contributed by atoms with Crippen LogP contribution >= 0.6 is 23.2 Å². The van der Waals surface area contributed by atoms with Crippen molar-refractivity contribution in [2.24, 2.45) is 0 Å². The Bertz CT molecular complexity index is 774. The van der Waals surface area contributed by atoms with Gasteiger partial charge in [-0.05, 0) is 13.0 Å². The molecule has 0 aliphatic heterocycles. The molecule has 0 spiro atoms. The number of sulfone groups is 1. The van der Waals surface area contributed by atoms with Crippen molar-refractivity contribution in [3.63, 3.8) is 0 Å². The first kappa shape index (κ1) is 16.5. The van der Waals surface area contributed by atoms with Gasteiger partial charge in [-0.15, -0.1) is 11.6 Å². The highest BCUT2D eigenvalue weighted by Crippen LogP contribution is 2.27. The fourth-order valence-corrected chi connectivity index (χ4v) is 3.76. The maximum atomic E-state index is 13.5. The van der Waals surface area contributed by atoms with Crippen LogP contribution < -0.4 is 0 Å². The summed E-state index contributed by atoms with van der Waals surface area (Å²) in [4.78, 5) is 4.34. The van der Waals surface area contributed by atoms with Gasteiger partial charge in [-0.1, -0.05) is 11.6 Å². The molecule has 0 saturated carbocycles. The van der Waals surface area contributed by atoms with Gasteiger partial charge in [0.25, 0.3) is 0 Å². The summed E-state index contributed by atoms with van der Waals surface area (Å²) in [6, 6.07) is 2.37. The smallest absolute Gasteiger partial charge is 0.149 e. The van der Waals surface area contributed by atoms with Gasteiger partial charge >= 0.3 is 0 Å². The molecule has 21 heavy (non-hydrogen) atoms. The molecule has 0 aliphatic carbocycles. The van der Waals surface area contributed by atoms with E-state index >= 15 is 0 Å². The van der Waals surface area contributed by atoms with Crippen molar-refractivity contribution in [2.75, 3.05) is 17.9 Å². The molecule has 0 N–H and O–H groups in total. The fraction of sp³-hybridized carbons (Fsp3) is 0.462. The fourth-order valence-electron chi connectivity index (χ4n) is 2.41. The second-order valence-corrected chi connectivity index (χ2v) is 8.00. The zero-order valence-electron chi connectivity index (χ0n) is 11.6. The molecule has 0 amide bonds. The normalized spacial score (nSPS) is 13.8. The molecule has 0 radical (unpaired) electrons. The Balaban J connectivity index is 2.62. The molecular formula is C13H15Cl2FN2O2S. The molecule has 1 atom stereocenters. The summed E-state index contributed by atoms with van der Waals surface area (Å²) in [7, 11) is -3.16. The number of fused-ring (bicyclic) bond motifs is 1. The van der Waals surface area contributed by atoms with Crippen LogP contribution in [0.1, 0.15) is 18.8 Å². The largest absolute Gasteiger partial charge is 0.324 e. The van der Waals surface area contributed by atoms with Crippen molar-refractivity contribution in [2.45, 2.75) is 19.4 Å². The van der Waals surface area contributed by atoms with Gasteiger partial charge < -0.3 is 4.57 Å². The maximum Gasteiger partial charge on any atom is 0.149 e. The quantitative estimate of drug-likeness (QED) is 0.776. The Morgan fingerprint density at radius 3 is 2.67 bits per heavy atom. The number of nitrogens with zero attached hydrogens (tertiary/aromatic N) is 2. The minimum atomic E-state index is -3.16. The number of halogens is 3.